The predicted molar refractivity (Wildman–Crippen MR) is 87.5 cm³/mol. The van der Waals surface area contributed by atoms with Gasteiger partial charge in [-0.2, -0.15) is 0 Å². The Kier molecular flexibility index (Phi) is 3.66. The van der Waals surface area contributed by atoms with Gasteiger partial charge in [-0.25, -0.2) is 0 Å². The van der Waals surface area contributed by atoms with E-state index in [0.717, 1.165) is 10.8 Å². The number of fused-ring (bicyclic) bond motifs is 1. The molecule has 0 radical (unpaired) electrons. The Hall–Kier alpha value is -3.01. The smallest absolute Gasteiger partial charge is 0.141 e. The molecule has 0 aliphatic rings. The van der Waals surface area contributed by atoms with Crippen LogP contribution in [0.3, 0.4) is 0 Å². The van der Waals surface area contributed by atoms with Gasteiger partial charge in [-0.1, -0.05) is 30.3 Å². The summed E-state index contributed by atoms with van der Waals surface area (Å²) in [5, 5.41) is 21.8. The van der Waals surface area contributed by atoms with E-state index in [2.05, 4.69) is 4.99 Å². The molecule has 0 spiro atoms. The van der Waals surface area contributed by atoms with Crippen molar-refractivity contribution >= 4 is 22.7 Å². The van der Waals surface area contributed by atoms with Gasteiger partial charge in [0.25, 0.3) is 0 Å². The molecule has 22 heavy (non-hydrogen) atoms. The van der Waals surface area contributed by atoms with E-state index in [1.807, 2.05) is 30.3 Å². The quantitative estimate of drug-likeness (QED) is 0.717. The Bertz CT molecular complexity index is 856. The lowest BCUT2D eigenvalue weighted by atomic mass is 10.1. The van der Waals surface area contributed by atoms with Gasteiger partial charge in [-0.15, -0.1) is 0 Å². The van der Waals surface area contributed by atoms with Gasteiger partial charge >= 0.3 is 0 Å². The van der Waals surface area contributed by atoms with Crippen LogP contribution in [0.2, 0.25) is 0 Å². The van der Waals surface area contributed by atoms with E-state index in [1.165, 1.54) is 19.4 Å². The monoisotopic (exact) mass is 293 g/mol. The van der Waals surface area contributed by atoms with Gasteiger partial charge in [0.1, 0.15) is 22.9 Å². The number of methoxy groups -OCH3 is 1. The SMILES string of the molecule is COc1ccc(C=Nc2c(O)ccc3ccccc23)c(O)c1. The van der Waals surface area contributed by atoms with Crippen molar-refractivity contribution in [3.8, 4) is 17.2 Å². The Morgan fingerprint density at radius 3 is 2.55 bits per heavy atom. The first-order valence-electron chi connectivity index (χ1n) is 6.81. The second kappa shape index (κ2) is 5.77. The minimum atomic E-state index is 0.0721. The maximum absolute atomic E-state index is 10.0. The average Bonchev–Trinajstić information content (AvgIpc) is 2.55. The Labute approximate surface area is 127 Å². The Balaban J connectivity index is 2.04. The molecule has 4 nitrogen and oxygen atoms in total. The van der Waals surface area contributed by atoms with E-state index in [9.17, 15) is 10.2 Å². The molecule has 0 fully saturated rings. The molecule has 0 amide bonds. The zero-order valence-electron chi connectivity index (χ0n) is 12.0. The third-order valence-corrected chi connectivity index (χ3v) is 3.45. The van der Waals surface area contributed by atoms with E-state index in [1.54, 1.807) is 18.2 Å². The highest BCUT2D eigenvalue weighted by Crippen LogP contribution is 2.35. The lowest BCUT2D eigenvalue weighted by Gasteiger charge is -2.05. The first-order valence-corrected chi connectivity index (χ1v) is 6.81. The topological polar surface area (TPSA) is 62.0 Å². The van der Waals surface area contributed by atoms with Crippen molar-refractivity contribution in [3.05, 3.63) is 60.2 Å². The summed E-state index contributed by atoms with van der Waals surface area (Å²) in [7, 11) is 1.54. The standard InChI is InChI=1S/C18H15NO3/c1-22-14-8-6-13(17(21)10-14)11-19-18-15-5-3-2-4-12(15)7-9-16(18)20/h2-11,20-21H,1H3. The van der Waals surface area contributed by atoms with Gasteiger partial charge in [0, 0.05) is 23.2 Å². The van der Waals surface area contributed by atoms with Crippen LogP contribution in [-0.4, -0.2) is 23.5 Å². The van der Waals surface area contributed by atoms with Gasteiger partial charge in [0.15, 0.2) is 0 Å². The number of nitrogens with zero attached hydrogens (tertiary/aromatic N) is 1. The molecule has 4 heteroatoms. The van der Waals surface area contributed by atoms with Crippen LogP contribution in [0.1, 0.15) is 5.56 Å². The average molecular weight is 293 g/mol. The largest absolute Gasteiger partial charge is 0.507 e. The third kappa shape index (κ3) is 2.59. The normalized spacial score (nSPS) is 11.1. The molecule has 0 heterocycles. The van der Waals surface area contributed by atoms with Crippen LogP contribution < -0.4 is 4.74 Å². The summed E-state index contributed by atoms with van der Waals surface area (Å²) >= 11 is 0. The number of hydrogen-bond donors (Lipinski definition) is 2. The molecular formula is C18H15NO3. The molecule has 0 aliphatic heterocycles. The first kappa shape index (κ1) is 13.9. The second-order valence-electron chi connectivity index (χ2n) is 4.84. The number of ether oxygens (including phenoxy) is 1. The van der Waals surface area contributed by atoms with Crippen molar-refractivity contribution in [2.24, 2.45) is 4.99 Å². The lowest BCUT2D eigenvalue weighted by Crippen LogP contribution is -1.86. The van der Waals surface area contributed by atoms with E-state index in [0.29, 0.717) is 17.0 Å². The number of benzene rings is 3. The summed E-state index contributed by atoms with van der Waals surface area (Å²) in [5.41, 5.74) is 1.03. The second-order valence-corrected chi connectivity index (χ2v) is 4.84. The van der Waals surface area contributed by atoms with Gasteiger partial charge in [0.2, 0.25) is 0 Å². The number of aromatic hydroxyl groups is 2. The van der Waals surface area contributed by atoms with Gasteiger partial charge < -0.3 is 14.9 Å². The van der Waals surface area contributed by atoms with Crippen LogP contribution in [0.5, 0.6) is 17.2 Å². The van der Waals surface area contributed by atoms with Crippen molar-refractivity contribution < 1.29 is 14.9 Å². The number of phenolic OH excluding ortho intramolecular Hbond substituents is 2. The number of aliphatic imine (C=N–C) groups is 1. The van der Waals surface area contributed by atoms with Gasteiger partial charge in [-0.05, 0) is 23.6 Å². The fraction of sp³-hybridized carbons (Fsp3) is 0.0556. The Morgan fingerprint density at radius 2 is 1.77 bits per heavy atom. The van der Waals surface area contributed by atoms with Crippen LogP contribution in [0.4, 0.5) is 5.69 Å². The van der Waals surface area contributed by atoms with Crippen LogP contribution in [0, 0.1) is 0 Å². The molecule has 0 aliphatic carbocycles. The molecule has 0 atom stereocenters. The summed E-state index contributed by atoms with van der Waals surface area (Å²) in [6.45, 7) is 0. The summed E-state index contributed by atoms with van der Waals surface area (Å²) in [6, 6.07) is 16.1. The van der Waals surface area contributed by atoms with Crippen molar-refractivity contribution in [1.82, 2.24) is 0 Å². The molecule has 3 aromatic rings. The summed E-state index contributed by atoms with van der Waals surface area (Å²) in [6.07, 6.45) is 1.52. The summed E-state index contributed by atoms with van der Waals surface area (Å²) in [4.78, 5) is 4.34. The van der Waals surface area contributed by atoms with Crippen molar-refractivity contribution in [1.29, 1.82) is 0 Å². The maximum Gasteiger partial charge on any atom is 0.141 e. The highest BCUT2D eigenvalue weighted by molar-refractivity contribution is 5.98. The number of rotatable bonds is 3. The van der Waals surface area contributed by atoms with Crippen molar-refractivity contribution in [2.75, 3.05) is 7.11 Å². The molecule has 3 rings (SSSR count). The van der Waals surface area contributed by atoms with E-state index >= 15 is 0 Å². The predicted octanol–water partition coefficient (Wildman–Crippen LogP) is 4.01. The minimum Gasteiger partial charge on any atom is -0.507 e. The zero-order valence-corrected chi connectivity index (χ0v) is 12.0. The molecule has 0 bridgehead atoms. The minimum absolute atomic E-state index is 0.0721. The van der Waals surface area contributed by atoms with E-state index in [4.69, 9.17) is 4.74 Å². The summed E-state index contributed by atoms with van der Waals surface area (Å²) < 4.78 is 5.05. The highest BCUT2D eigenvalue weighted by atomic mass is 16.5. The molecule has 0 saturated carbocycles. The van der Waals surface area contributed by atoms with Gasteiger partial charge in [-0.3, -0.25) is 4.99 Å². The molecule has 110 valence electrons. The van der Waals surface area contributed by atoms with E-state index < -0.39 is 0 Å². The molecular weight excluding hydrogens is 278 g/mol. The molecule has 3 aromatic carbocycles. The first-order chi connectivity index (χ1) is 10.7. The van der Waals surface area contributed by atoms with Gasteiger partial charge in [0.05, 0.1) is 7.11 Å². The number of hydrogen-bond acceptors (Lipinski definition) is 4. The number of phenols is 2. The highest BCUT2D eigenvalue weighted by Gasteiger charge is 2.06. The maximum atomic E-state index is 10.0. The molecule has 0 aromatic heterocycles. The molecule has 2 N–H and O–H groups in total. The van der Waals surface area contributed by atoms with Crippen LogP contribution in [0.15, 0.2) is 59.6 Å². The van der Waals surface area contributed by atoms with E-state index in [-0.39, 0.29) is 11.5 Å². The molecule has 0 unspecified atom stereocenters. The van der Waals surface area contributed by atoms with Crippen molar-refractivity contribution in [3.63, 3.8) is 0 Å². The molecule has 0 saturated heterocycles. The Morgan fingerprint density at radius 1 is 0.955 bits per heavy atom. The lowest BCUT2D eigenvalue weighted by molar-refractivity contribution is 0.407. The van der Waals surface area contributed by atoms with Crippen LogP contribution in [0.25, 0.3) is 10.8 Å². The van der Waals surface area contributed by atoms with Crippen LogP contribution in [-0.2, 0) is 0 Å². The fourth-order valence-corrected chi connectivity index (χ4v) is 2.27. The van der Waals surface area contributed by atoms with Crippen LogP contribution >= 0.6 is 0 Å². The third-order valence-electron chi connectivity index (χ3n) is 3.45. The fourth-order valence-electron chi connectivity index (χ4n) is 2.27. The van der Waals surface area contributed by atoms with Crippen molar-refractivity contribution in [2.45, 2.75) is 0 Å². The zero-order chi connectivity index (χ0) is 15.5. The summed E-state index contributed by atoms with van der Waals surface area (Å²) in [5.74, 6) is 0.744.